The van der Waals surface area contributed by atoms with Gasteiger partial charge in [0.15, 0.2) is 5.13 Å². The van der Waals surface area contributed by atoms with E-state index in [1.54, 1.807) is 11.0 Å². The number of halogens is 1. The Bertz CT molecular complexity index is 722. The van der Waals surface area contributed by atoms with Crippen LogP contribution in [0.2, 0.25) is 0 Å². The van der Waals surface area contributed by atoms with Crippen LogP contribution in [0.15, 0.2) is 18.2 Å². The summed E-state index contributed by atoms with van der Waals surface area (Å²) in [4.78, 5) is 19.0. The van der Waals surface area contributed by atoms with E-state index in [1.165, 1.54) is 17.4 Å². The van der Waals surface area contributed by atoms with Crippen molar-refractivity contribution < 1.29 is 13.9 Å². The van der Waals surface area contributed by atoms with Gasteiger partial charge in [0, 0.05) is 12.5 Å². The molecule has 2 aliphatic rings. The molecular weight excluding hydrogens is 315 g/mol. The zero-order valence-corrected chi connectivity index (χ0v) is 13.7. The van der Waals surface area contributed by atoms with Crippen LogP contribution >= 0.6 is 11.3 Å². The van der Waals surface area contributed by atoms with Crippen molar-refractivity contribution >= 4 is 32.6 Å². The third-order valence-electron chi connectivity index (χ3n) is 4.72. The lowest BCUT2D eigenvalue weighted by atomic mass is 9.84. The number of amides is 1. The van der Waals surface area contributed by atoms with Crippen molar-refractivity contribution in [3.8, 4) is 0 Å². The number of nitrogens with zero attached hydrogens (tertiary/aromatic N) is 2. The molecule has 0 unspecified atom stereocenters. The van der Waals surface area contributed by atoms with E-state index < -0.39 is 0 Å². The third kappa shape index (κ3) is 2.85. The second-order valence-electron chi connectivity index (χ2n) is 6.29. The molecule has 1 aromatic carbocycles. The van der Waals surface area contributed by atoms with Gasteiger partial charge in [-0.25, -0.2) is 9.37 Å². The highest BCUT2D eigenvalue weighted by Crippen LogP contribution is 2.35. The number of hydrogen-bond acceptors (Lipinski definition) is 4. The highest BCUT2D eigenvalue weighted by molar-refractivity contribution is 7.22. The molecule has 0 spiro atoms. The Kier molecular flexibility index (Phi) is 4.03. The Morgan fingerprint density at radius 3 is 2.87 bits per heavy atom. The summed E-state index contributed by atoms with van der Waals surface area (Å²) in [6.45, 7) is 1.28. The molecule has 2 aromatic rings. The van der Waals surface area contributed by atoms with Crippen LogP contribution in [0.5, 0.6) is 0 Å². The predicted molar refractivity (Wildman–Crippen MR) is 88.2 cm³/mol. The van der Waals surface area contributed by atoms with Crippen LogP contribution in [0.1, 0.15) is 32.1 Å². The van der Waals surface area contributed by atoms with Gasteiger partial charge in [-0.1, -0.05) is 23.8 Å². The molecule has 1 aromatic heterocycles. The fourth-order valence-electron chi connectivity index (χ4n) is 3.15. The number of thiazole rings is 1. The number of carbonyl (C=O) groups excluding carboxylic acids is 1. The van der Waals surface area contributed by atoms with Crippen LogP contribution in [0, 0.1) is 11.7 Å². The molecule has 0 radical (unpaired) electrons. The average Bonchev–Trinajstić information content (AvgIpc) is 3.12. The molecule has 23 heavy (non-hydrogen) atoms. The highest BCUT2D eigenvalue weighted by Gasteiger charge is 2.33. The molecule has 0 N–H and O–H groups in total. The van der Waals surface area contributed by atoms with E-state index in [2.05, 4.69) is 4.98 Å². The van der Waals surface area contributed by atoms with Crippen molar-refractivity contribution in [2.24, 2.45) is 5.92 Å². The maximum absolute atomic E-state index is 13.9. The zero-order valence-electron chi connectivity index (χ0n) is 12.8. The molecule has 6 heteroatoms. The Balaban J connectivity index is 1.66. The lowest BCUT2D eigenvalue weighted by Crippen LogP contribution is -2.43. The van der Waals surface area contributed by atoms with Crippen LogP contribution in [0.3, 0.4) is 0 Å². The SMILES string of the molecule is O=C(C1CCC1)N(C[C@H]1CCCO1)c1nc2c(F)cccc2s1. The summed E-state index contributed by atoms with van der Waals surface area (Å²) >= 11 is 1.38. The minimum atomic E-state index is -0.335. The number of aromatic nitrogens is 1. The van der Waals surface area contributed by atoms with Crippen LogP contribution < -0.4 is 4.90 Å². The predicted octanol–water partition coefficient (Wildman–Crippen LogP) is 3.75. The fraction of sp³-hybridized carbons (Fsp3) is 0.529. The molecule has 1 atom stereocenters. The maximum atomic E-state index is 13.9. The van der Waals surface area contributed by atoms with Crippen molar-refractivity contribution in [1.82, 2.24) is 4.98 Å². The van der Waals surface area contributed by atoms with Gasteiger partial charge in [0.1, 0.15) is 11.3 Å². The van der Waals surface area contributed by atoms with Crippen molar-refractivity contribution in [2.45, 2.75) is 38.2 Å². The van der Waals surface area contributed by atoms with Crippen LogP contribution in [0.25, 0.3) is 10.2 Å². The largest absolute Gasteiger partial charge is 0.376 e. The zero-order chi connectivity index (χ0) is 15.8. The first kappa shape index (κ1) is 15.0. The van der Waals surface area contributed by atoms with E-state index in [9.17, 15) is 9.18 Å². The fourth-order valence-corrected chi connectivity index (χ4v) is 4.14. The minimum absolute atomic E-state index is 0.0656. The number of para-hydroxylation sites is 1. The van der Waals surface area contributed by atoms with E-state index in [0.29, 0.717) is 17.2 Å². The number of benzene rings is 1. The van der Waals surface area contributed by atoms with Crippen molar-refractivity contribution in [1.29, 1.82) is 0 Å². The molecule has 1 saturated carbocycles. The molecule has 1 amide bonds. The number of hydrogen-bond donors (Lipinski definition) is 0. The van der Waals surface area contributed by atoms with Crippen molar-refractivity contribution in [3.05, 3.63) is 24.0 Å². The van der Waals surface area contributed by atoms with Gasteiger partial charge in [0.25, 0.3) is 0 Å². The van der Waals surface area contributed by atoms with Gasteiger partial charge in [0.05, 0.1) is 17.3 Å². The Hall–Kier alpha value is -1.53. The first-order chi connectivity index (χ1) is 11.2. The third-order valence-corrected chi connectivity index (χ3v) is 5.76. The van der Waals surface area contributed by atoms with Gasteiger partial charge in [-0.05, 0) is 37.8 Å². The minimum Gasteiger partial charge on any atom is -0.376 e. The average molecular weight is 334 g/mol. The van der Waals surface area contributed by atoms with Crippen LogP contribution in [-0.4, -0.2) is 30.1 Å². The summed E-state index contributed by atoms with van der Waals surface area (Å²) in [6, 6.07) is 4.93. The number of anilines is 1. The van der Waals surface area contributed by atoms with E-state index in [4.69, 9.17) is 4.74 Å². The molecule has 122 valence electrons. The van der Waals surface area contributed by atoms with Gasteiger partial charge in [-0.2, -0.15) is 0 Å². The van der Waals surface area contributed by atoms with Gasteiger partial charge in [-0.15, -0.1) is 0 Å². The van der Waals surface area contributed by atoms with Crippen molar-refractivity contribution in [2.75, 3.05) is 18.1 Å². The Labute approximate surface area is 138 Å². The second kappa shape index (κ2) is 6.17. The summed E-state index contributed by atoms with van der Waals surface area (Å²) in [5.74, 6) is -0.127. The van der Waals surface area contributed by atoms with Gasteiger partial charge in [0.2, 0.25) is 5.91 Å². The summed E-state index contributed by atoms with van der Waals surface area (Å²) in [5, 5.41) is 0.595. The summed E-state index contributed by atoms with van der Waals surface area (Å²) < 4.78 is 20.4. The van der Waals surface area contributed by atoms with Crippen LogP contribution in [0.4, 0.5) is 9.52 Å². The first-order valence-corrected chi connectivity index (χ1v) is 9.02. The molecular formula is C17H19FN2O2S. The van der Waals surface area contributed by atoms with E-state index >= 15 is 0 Å². The van der Waals surface area contributed by atoms with Crippen LogP contribution in [-0.2, 0) is 9.53 Å². The topological polar surface area (TPSA) is 42.4 Å². The van der Waals surface area contributed by atoms with Gasteiger partial charge in [-0.3, -0.25) is 9.69 Å². The monoisotopic (exact) mass is 334 g/mol. The van der Waals surface area contributed by atoms with E-state index in [-0.39, 0.29) is 23.7 Å². The number of carbonyl (C=O) groups is 1. The van der Waals surface area contributed by atoms with Crippen molar-refractivity contribution in [3.63, 3.8) is 0 Å². The second-order valence-corrected chi connectivity index (χ2v) is 7.30. The number of fused-ring (bicyclic) bond motifs is 1. The van der Waals surface area contributed by atoms with E-state index in [0.717, 1.165) is 43.4 Å². The van der Waals surface area contributed by atoms with Gasteiger partial charge < -0.3 is 4.74 Å². The first-order valence-electron chi connectivity index (χ1n) is 8.20. The van der Waals surface area contributed by atoms with Gasteiger partial charge >= 0.3 is 0 Å². The maximum Gasteiger partial charge on any atom is 0.231 e. The molecule has 2 fully saturated rings. The molecule has 0 bridgehead atoms. The molecule has 1 saturated heterocycles. The molecule has 1 aliphatic heterocycles. The molecule has 1 aliphatic carbocycles. The quantitative estimate of drug-likeness (QED) is 0.855. The number of ether oxygens (including phenoxy) is 1. The smallest absolute Gasteiger partial charge is 0.231 e. The Morgan fingerprint density at radius 1 is 1.35 bits per heavy atom. The lowest BCUT2D eigenvalue weighted by molar-refractivity contribution is -0.125. The Morgan fingerprint density at radius 2 is 2.22 bits per heavy atom. The lowest BCUT2D eigenvalue weighted by Gasteiger charge is -2.31. The summed E-state index contributed by atoms with van der Waals surface area (Å²) in [5.41, 5.74) is 0.353. The van der Waals surface area contributed by atoms with E-state index in [1.807, 2.05) is 6.07 Å². The number of rotatable bonds is 4. The highest BCUT2D eigenvalue weighted by atomic mass is 32.1. The standard InChI is InChI=1S/C17H19FN2O2S/c18-13-7-2-8-14-15(13)19-17(23-14)20(10-12-6-3-9-22-12)16(21)11-4-1-5-11/h2,7-8,11-12H,1,3-6,9-10H2/t12-/m1/s1. The molecule has 2 heterocycles. The normalized spacial score (nSPS) is 21.5. The molecule has 4 nitrogen and oxygen atoms in total. The summed E-state index contributed by atoms with van der Waals surface area (Å²) in [6.07, 6.45) is 5.06. The summed E-state index contributed by atoms with van der Waals surface area (Å²) in [7, 11) is 0. The molecule has 4 rings (SSSR count).